The summed E-state index contributed by atoms with van der Waals surface area (Å²) in [7, 11) is 0. The average Bonchev–Trinajstić information content (AvgIpc) is 3.16. The second kappa shape index (κ2) is 6.91. The first kappa shape index (κ1) is 15.6. The van der Waals surface area contributed by atoms with E-state index >= 15 is 0 Å². The van der Waals surface area contributed by atoms with Crippen LogP contribution in [0.3, 0.4) is 0 Å². The first-order valence-corrected chi connectivity index (χ1v) is 8.61. The molecule has 0 aliphatic heterocycles. The van der Waals surface area contributed by atoms with Crippen LogP contribution in [0.15, 0.2) is 79.1 Å². The molecule has 3 nitrogen and oxygen atoms in total. The fourth-order valence-corrected chi connectivity index (χ4v) is 3.15. The molecule has 0 saturated heterocycles. The minimum atomic E-state index is 0.334. The standard InChI is InChI=1S/C22H21N3/c1-16(18-5-3-2-4-6-18)25-15-17-7-9-19(10-8-17)20-11-13-23-22-21(20)12-14-24-22/h2-14,16,25H,15H2,1H3,(H,23,24). The van der Waals surface area contributed by atoms with Gasteiger partial charge in [-0.1, -0.05) is 54.6 Å². The van der Waals surface area contributed by atoms with Crippen LogP contribution < -0.4 is 5.32 Å². The van der Waals surface area contributed by atoms with Gasteiger partial charge in [-0.05, 0) is 41.3 Å². The van der Waals surface area contributed by atoms with E-state index in [1.165, 1.54) is 22.3 Å². The highest BCUT2D eigenvalue weighted by molar-refractivity contribution is 5.92. The van der Waals surface area contributed by atoms with E-state index in [0.717, 1.165) is 17.6 Å². The van der Waals surface area contributed by atoms with Gasteiger partial charge in [0.2, 0.25) is 0 Å². The monoisotopic (exact) mass is 327 g/mol. The number of aromatic nitrogens is 2. The van der Waals surface area contributed by atoms with Crippen LogP contribution in [0.2, 0.25) is 0 Å². The molecule has 1 unspecified atom stereocenters. The van der Waals surface area contributed by atoms with E-state index in [-0.39, 0.29) is 0 Å². The normalized spacial score (nSPS) is 12.4. The van der Waals surface area contributed by atoms with E-state index in [1.807, 2.05) is 12.4 Å². The van der Waals surface area contributed by atoms with Gasteiger partial charge >= 0.3 is 0 Å². The lowest BCUT2D eigenvalue weighted by atomic mass is 10.0. The first-order valence-electron chi connectivity index (χ1n) is 8.61. The number of H-pyrrole nitrogens is 1. The van der Waals surface area contributed by atoms with E-state index < -0.39 is 0 Å². The Morgan fingerprint density at radius 1 is 0.960 bits per heavy atom. The van der Waals surface area contributed by atoms with Crippen LogP contribution >= 0.6 is 0 Å². The predicted molar refractivity (Wildman–Crippen MR) is 103 cm³/mol. The van der Waals surface area contributed by atoms with Crippen molar-refractivity contribution in [1.29, 1.82) is 0 Å². The van der Waals surface area contributed by atoms with Gasteiger partial charge in [0.1, 0.15) is 5.65 Å². The number of pyridine rings is 1. The number of nitrogens with one attached hydrogen (secondary N) is 2. The summed E-state index contributed by atoms with van der Waals surface area (Å²) in [5.41, 5.74) is 5.95. The summed E-state index contributed by atoms with van der Waals surface area (Å²) in [6.45, 7) is 3.05. The van der Waals surface area contributed by atoms with Crippen LogP contribution in [0.25, 0.3) is 22.2 Å². The molecule has 2 aromatic heterocycles. The summed E-state index contributed by atoms with van der Waals surface area (Å²) in [5, 5.41) is 4.74. The molecule has 2 N–H and O–H groups in total. The molecule has 124 valence electrons. The van der Waals surface area contributed by atoms with Crippen molar-refractivity contribution in [2.24, 2.45) is 0 Å². The molecular formula is C22H21N3. The zero-order valence-corrected chi connectivity index (χ0v) is 14.2. The molecule has 1 atom stereocenters. The fraction of sp³-hybridized carbons (Fsp3) is 0.136. The number of fused-ring (bicyclic) bond motifs is 1. The average molecular weight is 327 g/mol. The highest BCUT2D eigenvalue weighted by Crippen LogP contribution is 2.27. The van der Waals surface area contributed by atoms with Gasteiger partial charge < -0.3 is 10.3 Å². The minimum Gasteiger partial charge on any atom is -0.346 e. The second-order valence-electron chi connectivity index (χ2n) is 6.31. The van der Waals surface area contributed by atoms with Crippen LogP contribution in [-0.4, -0.2) is 9.97 Å². The number of hydrogen-bond acceptors (Lipinski definition) is 2. The third kappa shape index (κ3) is 3.32. The number of nitrogens with zero attached hydrogens (tertiary/aromatic N) is 1. The van der Waals surface area contributed by atoms with Gasteiger partial charge in [-0.15, -0.1) is 0 Å². The SMILES string of the molecule is CC(NCc1ccc(-c2ccnc3[nH]ccc23)cc1)c1ccccc1. The summed E-state index contributed by atoms with van der Waals surface area (Å²) < 4.78 is 0. The Balaban J connectivity index is 1.48. The Labute approximate surface area is 147 Å². The van der Waals surface area contributed by atoms with Crippen molar-refractivity contribution >= 4 is 11.0 Å². The van der Waals surface area contributed by atoms with Gasteiger partial charge in [-0.3, -0.25) is 0 Å². The van der Waals surface area contributed by atoms with E-state index in [9.17, 15) is 0 Å². The van der Waals surface area contributed by atoms with E-state index in [0.29, 0.717) is 6.04 Å². The molecule has 0 amide bonds. The van der Waals surface area contributed by atoms with Crippen molar-refractivity contribution in [2.75, 3.05) is 0 Å². The van der Waals surface area contributed by atoms with Crippen molar-refractivity contribution in [3.63, 3.8) is 0 Å². The highest BCUT2D eigenvalue weighted by atomic mass is 14.9. The first-order chi connectivity index (χ1) is 12.3. The Morgan fingerprint density at radius 2 is 1.76 bits per heavy atom. The molecule has 4 aromatic rings. The third-order valence-electron chi connectivity index (χ3n) is 4.64. The lowest BCUT2D eigenvalue weighted by Crippen LogP contribution is -2.17. The van der Waals surface area contributed by atoms with E-state index in [4.69, 9.17) is 0 Å². The smallest absolute Gasteiger partial charge is 0.137 e. The number of aromatic amines is 1. The molecule has 25 heavy (non-hydrogen) atoms. The zero-order chi connectivity index (χ0) is 17.1. The van der Waals surface area contributed by atoms with Crippen molar-refractivity contribution < 1.29 is 0 Å². The quantitative estimate of drug-likeness (QED) is 0.536. The fourth-order valence-electron chi connectivity index (χ4n) is 3.15. The topological polar surface area (TPSA) is 40.7 Å². The number of benzene rings is 2. The summed E-state index contributed by atoms with van der Waals surface area (Å²) in [4.78, 5) is 7.53. The van der Waals surface area contributed by atoms with Gasteiger partial charge in [0.15, 0.2) is 0 Å². The molecule has 0 aliphatic carbocycles. The van der Waals surface area contributed by atoms with Crippen LogP contribution in [-0.2, 0) is 6.54 Å². The van der Waals surface area contributed by atoms with Crippen molar-refractivity contribution in [1.82, 2.24) is 15.3 Å². The Hall–Kier alpha value is -2.91. The lowest BCUT2D eigenvalue weighted by Gasteiger charge is -2.14. The molecule has 4 rings (SSSR count). The summed E-state index contributed by atoms with van der Waals surface area (Å²) in [5.74, 6) is 0. The summed E-state index contributed by atoms with van der Waals surface area (Å²) in [6, 6.07) is 23.8. The number of hydrogen-bond donors (Lipinski definition) is 2. The largest absolute Gasteiger partial charge is 0.346 e. The lowest BCUT2D eigenvalue weighted by molar-refractivity contribution is 0.575. The molecule has 0 radical (unpaired) electrons. The Morgan fingerprint density at radius 3 is 2.56 bits per heavy atom. The second-order valence-corrected chi connectivity index (χ2v) is 6.31. The maximum Gasteiger partial charge on any atom is 0.137 e. The maximum atomic E-state index is 4.36. The van der Waals surface area contributed by atoms with Gasteiger partial charge in [0.05, 0.1) is 0 Å². The summed E-state index contributed by atoms with van der Waals surface area (Å²) >= 11 is 0. The van der Waals surface area contributed by atoms with Crippen LogP contribution in [0.1, 0.15) is 24.1 Å². The van der Waals surface area contributed by atoms with Gasteiger partial charge in [-0.2, -0.15) is 0 Å². The van der Waals surface area contributed by atoms with Gasteiger partial charge in [-0.25, -0.2) is 4.98 Å². The molecule has 3 heteroatoms. The van der Waals surface area contributed by atoms with Crippen molar-refractivity contribution in [2.45, 2.75) is 19.5 Å². The maximum absolute atomic E-state index is 4.36. The van der Waals surface area contributed by atoms with Gasteiger partial charge in [0.25, 0.3) is 0 Å². The highest BCUT2D eigenvalue weighted by Gasteiger charge is 2.06. The molecule has 2 aromatic carbocycles. The van der Waals surface area contributed by atoms with Gasteiger partial charge in [0, 0.05) is 30.4 Å². The van der Waals surface area contributed by atoms with Crippen LogP contribution in [0.4, 0.5) is 0 Å². The van der Waals surface area contributed by atoms with Crippen LogP contribution in [0.5, 0.6) is 0 Å². The molecular weight excluding hydrogens is 306 g/mol. The van der Waals surface area contributed by atoms with E-state index in [2.05, 4.69) is 88.9 Å². The zero-order valence-electron chi connectivity index (χ0n) is 14.2. The van der Waals surface area contributed by atoms with Crippen molar-refractivity contribution in [3.05, 3.63) is 90.3 Å². The molecule has 0 aliphatic rings. The third-order valence-corrected chi connectivity index (χ3v) is 4.64. The predicted octanol–water partition coefficient (Wildman–Crippen LogP) is 5.08. The molecule has 0 saturated carbocycles. The minimum absolute atomic E-state index is 0.334. The van der Waals surface area contributed by atoms with E-state index in [1.54, 1.807) is 0 Å². The molecule has 0 bridgehead atoms. The Bertz CT molecular complexity index is 955. The Kier molecular flexibility index (Phi) is 4.32. The van der Waals surface area contributed by atoms with Crippen LogP contribution in [0, 0.1) is 0 Å². The molecule has 0 fully saturated rings. The number of rotatable bonds is 5. The molecule has 0 spiro atoms. The molecule has 2 heterocycles. The summed E-state index contributed by atoms with van der Waals surface area (Å²) in [6.07, 6.45) is 3.79. The van der Waals surface area contributed by atoms with Crippen molar-refractivity contribution in [3.8, 4) is 11.1 Å².